The monoisotopic (exact) mass is 128 g/mol. The van der Waals surface area contributed by atoms with Crippen LogP contribution in [0.3, 0.4) is 0 Å². The van der Waals surface area contributed by atoms with Crippen LogP contribution in [-0.2, 0) is 0 Å². The minimum atomic E-state index is 0. The molecule has 0 aliphatic heterocycles. The van der Waals surface area contributed by atoms with E-state index in [-0.39, 0.29) is 36.2 Å². The van der Waals surface area contributed by atoms with Crippen molar-refractivity contribution in [2.24, 2.45) is 0 Å². The summed E-state index contributed by atoms with van der Waals surface area (Å²) < 4.78 is 0. The van der Waals surface area contributed by atoms with E-state index in [1.54, 1.807) is 11.8 Å². The molecule has 38 valence electrons. The summed E-state index contributed by atoms with van der Waals surface area (Å²) in [6, 6.07) is 0. The molecule has 0 rings (SSSR count). The van der Waals surface area contributed by atoms with E-state index in [1.807, 2.05) is 0 Å². The summed E-state index contributed by atoms with van der Waals surface area (Å²) in [6.07, 6.45) is 0. The molecule has 0 saturated carbocycles. The Hall–Kier alpha value is 1.31. The number of thioether (sulfide) groups is 1. The van der Waals surface area contributed by atoms with Gasteiger partial charge in [0.25, 0.3) is 0 Å². The van der Waals surface area contributed by atoms with Crippen LogP contribution in [0.2, 0.25) is 0 Å². The summed E-state index contributed by atoms with van der Waals surface area (Å²) in [7, 11) is 0. The van der Waals surface area contributed by atoms with Crippen LogP contribution in [-0.4, -0.2) is 18.1 Å². The van der Waals surface area contributed by atoms with Gasteiger partial charge in [-0.05, 0) is 11.5 Å². The summed E-state index contributed by atoms with van der Waals surface area (Å²) >= 11 is 1.70. The van der Waals surface area contributed by atoms with Gasteiger partial charge >= 0.3 is 29.6 Å². The largest absolute Gasteiger partial charge is 1.00 e. The summed E-state index contributed by atoms with van der Waals surface area (Å²) in [5.74, 6) is 1.85. The Labute approximate surface area is 71.2 Å². The molecule has 0 fully saturated rings. The van der Waals surface area contributed by atoms with Crippen LogP contribution < -0.4 is 34.7 Å². The fourth-order valence-corrected chi connectivity index (χ4v) is 0.610. The van der Waals surface area contributed by atoms with Gasteiger partial charge in [0.1, 0.15) is 0 Å². The first-order chi connectivity index (χ1) is 2.91. The summed E-state index contributed by atoms with van der Waals surface area (Å²) in [4.78, 5) is 0. The van der Waals surface area contributed by atoms with Gasteiger partial charge in [-0.1, -0.05) is 6.92 Å². The Kier molecular flexibility index (Phi) is 16.4. The first-order valence-electron chi connectivity index (χ1n) is 2.07. The molecule has 0 aliphatic rings. The van der Waals surface area contributed by atoms with Gasteiger partial charge in [0, 0.05) is 0 Å². The maximum Gasteiger partial charge on any atom is 1.00 e. The maximum atomic E-state index is 9.67. The molecule has 0 bridgehead atoms. The van der Waals surface area contributed by atoms with Gasteiger partial charge in [0.05, 0.1) is 0 Å². The third-order valence-electron chi connectivity index (χ3n) is 0.432. The second kappa shape index (κ2) is 10.3. The van der Waals surface area contributed by atoms with Crippen molar-refractivity contribution in [1.82, 2.24) is 0 Å². The van der Waals surface area contributed by atoms with Crippen LogP contribution in [0.15, 0.2) is 0 Å². The number of hydrogen-bond donors (Lipinski definition) is 0. The molecule has 0 aromatic carbocycles. The van der Waals surface area contributed by atoms with Crippen molar-refractivity contribution in [1.29, 1.82) is 0 Å². The Morgan fingerprint density at radius 3 is 2.29 bits per heavy atom. The first kappa shape index (κ1) is 11.2. The first-order valence-corrected chi connectivity index (χ1v) is 3.23. The van der Waals surface area contributed by atoms with Crippen molar-refractivity contribution in [3.63, 3.8) is 0 Å². The van der Waals surface area contributed by atoms with Crippen molar-refractivity contribution in [3.8, 4) is 0 Å². The van der Waals surface area contributed by atoms with E-state index in [9.17, 15) is 5.11 Å². The molecule has 1 nitrogen and oxygen atoms in total. The number of hydrogen-bond acceptors (Lipinski definition) is 2. The molecular formula is C4H9NaOS. The van der Waals surface area contributed by atoms with Crippen molar-refractivity contribution in [2.75, 3.05) is 18.1 Å². The van der Waals surface area contributed by atoms with Gasteiger partial charge in [0.15, 0.2) is 0 Å². The van der Waals surface area contributed by atoms with Crippen LogP contribution in [0.1, 0.15) is 6.92 Å². The van der Waals surface area contributed by atoms with E-state index in [4.69, 9.17) is 0 Å². The molecule has 0 aromatic rings. The second-order valence-corrected chi connectivity index (χ2v) is 2.29. The van der Waals surface area contributed by atoms with E-state index in [1.165, 1.54) is 0 Å². The van der Waals surface area contributed by atoms with Gasteiger partial charge in [0.2, 0.25) is 0 Å². The van der Waals surface area contributed by atoms with Crippen LogP contribution in [0, 0.1) is 0 Å². The molecule has 7 heavy (non-hydrogen) atoms. The molecule has 0 aliphatic carbocycles. The van der Waals surface area contributed by atoms with E-state index >= 15 is 0 Å². The van der Waals surface area contributed by atoms with Gasteiger partial charge in [-0.25, -0.2) is 0 Å². The van der Waals surface area contributed by atoms with Crippen molar-refractivity contribution in [2.45, 2.75) is 6.92 Å². The fraction of sp³-hybridized carbons (Fsp3) is 1.00. The fourth-order valence-electron chi connectivity index (χ4n) is 0.203. The standard InChI is InChI=1S/C4H9OS.Na/c1-2-6-4-3-5;/h2-4H2,1H3;/q-1;+1. The Balaban J connectivity index is 0. The predicted molar refractivity (Wildman–Crippen MR) is 27.9 cm³/mol. The summed E-state index contributed by atoms with van der Waals surface area (Å²) in [5, 5.41) is 9.67. The third-order valence-corrected chi connectivity index (χ3v) is 1.30. The minimum absolute atomic E-state index is 0. The van der Waals surface area contributed by atoms with E-state index < -0.39 is 0 Å². The van der Waals surface area contributed by atoms with Crippen LogP contribution in [0.4, 0.5) is 0 Å². The van der Waals surface area contributed by atoms with E-state index in [0.717, 1.165) is 11.5 Å². The zero-order valence-corrected chi connectivity index (χ0v) is 7.75. The molecule has 0 saturated heterocycles. The van der Waals surface area contributed by atoms with E-state index in [2.05, 4.69) is 6.92 Å². The van der Waals surface area contributed by atoms with Crippen molar-refractivity contribution >= 4 is 11.8 Å². The minimum Gasteiger partial charge on any atom is -0.854 e. The second-order valence-electron chi connectivity index (χ2n) is 0.901. The topological polar surface area (TPSA) is 23.1 Å². The molecule has 0 heterocycles. The third kappa shape index (κ3) is 11.1. The van der Waals surface area contributed by atoms with Crippen LogP contribution >= 0.6 is 11.8 Å². The van der Waals surface area contributed by atoms with Crippen LogP contribution in [0.5, 0.6) is 0 Å². The van der Waals surface area contributed by atoms with Gasteiger partial charge in [-0.15, -0.1) is 6.61 Å². The quantitative estimate of drug-likeness (QED) is 0.301. The molecular weight excluding hydrogens is 119 g/mol. The van der Waals surface area contributed by atoms with Crippen molar-refractivity contribution in [3.05, 3.63) is 0 Å². The Bertz CT molecular complexity index is 23.7. The molecule has 0 aromatic heterocycles. The molecule has 0 radical (unpaired) electrons. The Morgan fingerprint density at radius 1 is 1.57 bits per heavy atom. The maximum absolute atomic E-state index is 9.67. The molecule has 0 spiro atoms. The zero-order chi connectivity index (χ0) is 4.83. The SMILES string of the molecule is CCSCC[O-].[Na+]. The van der Waals surface area contributed by atoms with Crippen LogP contribution in [0.25, 0.3) is 0 Å². The molecule has 0 atom stereocenters. The predicted octanol–water partition coefficient (Wildman–Crippen LogP) is -2.90. The molecule has 3 heteroatoms. The van der Waals surface area contributed by atoms with E-state index in [0.29, 0.717) is 0 Å². The normalized spacial score (nSPS) is 7.71. The summed E-state index contributed by atoms with van der Waals surface area (Å²) in [6.45, 7) is 2.12. The van der Waals surface area contributed by atoms with Gasteiger partial charge in [-0.2, -0.15) is 11.8 Å². The molecule has 0 amide bonds. The van der Waals surface area contributed by atoms with Crippen molar-refractivity contribution < 1.29 is 34.7 Å². The molecule has 0 unspecified atom stereocenters. The average Bonchev–Trinajstić information content (AvgIpc) is 1.61. The zero-order valence-electron chi connectivity index (χ0n) is 4.94. The summed E-state index contributed by atoms with van der Waals surface area (Å²) in [5.41, 5.74) is 0. The number of rotatable bonds is 3. The smallest absolute Gasteiger partial charge is 0.854 e. The average molecular weight is 128 g/mol. The van der Waals surface area contributed by atoms with Gasteiger partial charge < -0.3 is 5.11 Å². The van der Waals surface area contributed by atoms with Gasteiger partial charge in [-0.3, -0.25) is 0 Å². The Morgan fingerprint density at radius 2 is 2.14 bits per heavy atom. The molecule has 0 N–H and O–H groups in total.